The van der Waals surface area contributed by atoms with E-state index in [2.05, 4.69) is 22.6 Å². The highest BCUT2D eigenvalue weighted by Crippen LogP contribution is 2.28. The SMILES string of the molecule is CN(C(=O)c1cccc(I)c1)C1CCCCC1CN. The van der Waals surface area contributed by atoms with Gasteiger partial charge in [0.05, 0.1) is 0 Å². The first kappa shape index (κ1) is 14.8. The first-order valence-electron chi connectivity index (χ1n) is 6.86. The van der Waals surface area contributed by atoms with Crippen LogP contribution in [-0.2, 0) is 0 Å². The molecule has 1 saturated carbocycles. The quantitative estimate of drug-likeness (QED) is 0.830. The highest BCUT2D eigenvalue weighted by atomic mass is 127. The van der Waals surface area contributed by atoms with Crippen LogP contribution >= 0.6 is 22.6 Å². The molecule has 1 aromatic rings. The number of nitrogens with zero attached hydrogens (tertiary/aromatic N) is 1. The third kappa shape index (κ3) is 3.48. The van der Waals surface area contributed by atoms with Crippen molar-refractivity contribution < 1.29 is 4.79 Å². The lowest BCUT2D eigenvalue weighted by Crippen LogP contribution is -2.45. The number of hydrogen-bond acceptors (Lipinski definition) is 2. The highest BCUT2D eigenvalue weighted by Gasteiger charge is 2.30. The summed E-state index contributed by atoms with van der Waals surface area (Å²) in [6, 6.07) is 8.07. The molecule has 2 unspecified atom stereocenters. The fourth-order valence-electron chi connectivity index (χ4n) is 2.95. The summed E-state index contributed by atoms with van der Waals surface area (Å²) in [5.74, 6) is 0.564. The van der Waals surface area contributed by atoms with Gasteiger partial charge < -0.3 is 10.6 Å². The monoisotopic (exact) mass is 372 g/mol. The van der Waals surface area contributed by atoms with Crippen LogP contribution in [0.4, 0.5) is 0 Å². The minimum atomic E-state index is 0.115. The molecule has 3 nitrogen and oxygen atoms in total. The predicted octanol–water partition coefficient (Wildman–Crippen LogP) is 2.88. The Hall–Kier alpha value is -0.620. The molecule has 0 radical (unpaired) electrons. The molecule has 104 valence electrons. The summed E-state index contributed by atoms with van der Waals surface area (Å²) in [5, 5.41) is 0. The fraction of sp³-hybridized carbons (Fsp3) is 0.533. The number of nitrogens with two attached hydrogens (primary N) is 1. The summed E-state index contributed by atoms with van der Waals surface area (Å²) in [6.45, 7) is 0.675. The molecule has 1 aliphatic carbocycles. The maximum atomic E-state index is 12.5. The van der Waals surface area contributed by atoms with Crippen molar-refractivity contribution in [3.8, 4) is 0 Å². The van der Waals surface area contributed by atoms with Crippen LogP contribution in [-0.4, -0.2) is 30.4 Å². The van der Waals surface area contributed by atoms with E-state index in [9.17, 15) is 4.79 Å². The van der Waals surface area contributed by atoms with Crippen LogP contribution in [0.15, 0.2) is 24.3 Å². The first-order chi connectivity index (χ1) is 9.13. The molecule has 1 amide bonds. The Labute approximate surface area is 128 Å². The molecule has 1 aromatic carbocycles. The average molecular weight is 372 g/mol. The Kier molecular flexibility index (Phi) is 5.21. The van der Waals surface area contributed by atoms with E-state index >= 15 is 0 Å². The number of halogens is 1. The van der Waals surface area contributed by atoms with Gasteiger partial charge in [-0.3, -0.25) is 4.79 Å². The van der Waals surface area contributed by atoms with Gasteiger partial charge in [0, 0.05) is 22.2 Å². The number of amides is 1. The molecule has 0 spiro atoms. The van der Waals surface area contributed by atoms with Crippen molar-refractivity contribution in [2.45, 2.75) is 31.7 Å². The lowest BCUT2D eigenvalue weighted by atomic mass is 9.83. The Bertz CT molecular complexity index is 450. The zero-order chi connectivity index (χ0) is 13.8. The molecule has 4 heteroatoms. The van der Waals surface area contributed by atoms with Crippen molar-refractivity contribution in [2.75, 3.05) is 13.6 Å². The topological polar surface area (TPSA) is 46.3 Å². The van der Waals surface area contributed by atoms with Crippen molar-refractivity contribution in [2.24, 2.45) is 11.7 Å². The summed E-state index contributed by atoms with van der Waals surface area (Å²) in [4.78, 5) is 14.4. The molecule has 0 aromatic heterocycles. The molecular weight excluding hydrogens is 351 g/mol. The maximum absolute atomic E-state index is 12.5. The van der Waals surface area contributed by atoms with E-state index in [4.69, 9.17) is 5.73 Å². The van der Waals surface area contributed by atoms with Gasteiger partial charge in [-0.1, -0.05) is 18.9 Å². The molecule has 2 N–H and O–H groups in total. The first-order valence-corrected chi connectivity index (χ1v) is 7.94. The lowest BCUT2D eigenvalue weighted by Gasteiger charge is -2.37. The van der Waals surface area contributed by atoms with Crippen molar-refractivity contribution >= 4 is 28.5 Å². The summed E-state index contributed by atoms with van der Waals surface area (Å²) >= 11 is 2.24. The largest absolute Gasteiger partial charge is 0.338 e. The number of rotatable bonds is 3. The van der Waals surface area contributed by atoms with Crippen LogP contribution in [0.3, 0.4) is 0 Å². The number of benzene rings is 1. The second-order valence-electron chi connectivity index (χ2n) is 5.27. The summed E-state index contributed by atoms with van der Waals surface area (Å²) < 4.78 is 1.09. The van der Waals surface area contributed by atoms with Crippen LogP contribution in [0.2, 0.25) is 0 Å². The summed E-state index contributed by atoms with van der Waals surface area (Å²) in [7, 11) is 1.92. The van der Waals surface area contributed by atoms with E-state index in [1.807, 2.05) is 36.2 Å². The minimum Gasteiger partial charge on any atom is -0.338 e. The minimum absolute atomic E-state index is 0.115. The van der Waals surface area contributed by atoms with Crippen LogP contribution in [0, 0.1) is 9.49 Å². The van der Waals surface area contributed by atoms with Crippen molar-refractivity contribution in [3.05, 3.63) is 33.4 Å². The second-order valence-corrected chi connectivity index (χ2v) is 6.52. The van der Waals surface area contributed by atoms with E-state index in [-0.39, 0.29) is 5.91 Å². The average Bonchev–Trinajstić information content (AvgIpc) is 2.45. The third-order valence-corrected chi connectivity index (χ3v) is 4.73. The van der Waals surface area contributed by atoms with Gasteiger partial charge in [-0.05, 0) is 66.1 Å². The van der Waals surface area contributed by atoms with Gasteiger partial charge in [-0.2, -0.15) is 0 Å². The fourth-order valence-corrected chi connectivity index (χ4v) is 3.49. The van der Waals surface area contributed by atoms with Gasteiger partial charge in [-0.15, -0.1) is 0 Å². The molecule has 2 rings (SSSR count). The van der Waals surface area contributed by atoms with Gasteiger partial charge in [0.25, 0.3) is 5.91 Å². The van der Waals surface area contributed by atoms with Gasteiger partial charge in [0.1, 0.15) is 0 Å². The van der Waals surface area contributed by atoms with Crippen LogP contribution in [0.5, 0.6) is 0 Å². The summed E-state index contributed by atoms with van der Waals surface area (Å²) in [6.07, 6.45) is 4.66. The molecule has 0 saturated heterocycles. The van der Waals surface area contributed by atoms with E-state index < -0.39 is 0 Å². The summed E-state index contributed by atoms with van der Waals surface area (Å²) in [5.41, 5.74) is 6.63. The molecule has 19 heavy (non-hydrogen) atoms. The zero-order valence-corrected chi connectivity index (χ0v) is 13.5. The lowest BCUT2D eigenvalue weighted by molar-refractivity contribution is 0.0620. The van der Waals surface area contributed by atoms with Crippen LogP contribution < -0.4 is 5.73 Å². The number of carbonyl (C=O) groups is 1. The molecule has 1 fully saturated rings. The van der Waals surface area contributed by atoms with Crippen molar-refractivity contribution in [1.29, 1.82) is 0 Å². The Balaban J connectivity index is 2.13. The van der Waals surface area contributed by atoms with Gasteiger partial charge in [-0.25, -0.2) is 0 Å². The molecule has 0 bridgehead atoms. The van der Waals surface area contributed by atoms with E-state index in [1.165, 1.54) is 12.8 Å². The number of carbonyl (C=O) groups excluding carboxylic acids is 1. The van der Waals surface area contributed by atoms with Crippen molar-refractivity contribution in [1.82, 2.24) is 4.90 Å². The Morgan fingerprint density at radius 2 is 2.16 bits per heavy atom. The maximum Gasteiger partial charge on any atom is 0.253 e. The standard InChI is InChI=1S/C15H21IN2O/c1-18(14-8-3-2-5-12(14)10-17)15(19)11-6-4-7-13(16)9-11/h4,6-7,9,12,14H,2-3,5,8,10,17H2,1H3. The Morgan fingerprint density at radius 3 is 2.84 bits per heavy atom. The zero-order valence-electron chi connectivity index (χ0n) is 11.3. The van der Waals surface area contributed by atoms with Gasteiger partial charge in [0.15, 0.2) is 0 Å². The van der Waals surface area contributed by atoms with E-state index in [0.717, 1.165) is 22.0 Å². The number of hydrogen-bond donors (Lipinski definition) is 1. The molecule has 0 heterocycles. The van der Waals surface area contributed by atoms with Gasteiger partial charge >= 0.3 is 0 Å². The molecular formula is C15H21IN2O. The highest BCUT2D eigenvalue weighted by molar-refractivity contribution is 14.1. The van der Waals surface area contributed by atoms with Crippen LogP contribution in [0.1, 0.15) is 36.0 Å². The van der Waals surface area contributed by atoms with E-state index in [1.54, 1.807) is 0 Å². The predicted molar refractivity (Wildman–Crippen MR) is 86.1 cm³/mol. The van der Waals surface area contributed by atoms with Crippen molar-refractivity contribution in [3.63, 3.8) is 0 Å². The molecule has 1 aliphatic rings. The van der Waals surface area contributed by atoms with E-state index in [0.29, 0.717) is 18.5 Å². The normalized spacial score (nSPS) is 23.1. The van der Waals surface area contributed by atoms with Gasteiger partial charge in [0.2, 0.25) is 0 Å². The smallest absolute Gasteiger partial charge is 0.253 e. The Morgan fingerprint density at radius 1 is 1.42 bits per heavy atom. The van der Waals surface area contributed by atoms with Crippen LogP contribution in [0.25, 0.3) is 0 Å². The second kappa shape index (κ2) is 6.70. The molecule has 0 aliphatic heterocycles. The molecule has 2 atom stereocenters. The third-order valence-electron chi connectivity index (χ3n) is 4.06.